The fraction of sp³-hybridized carbons (Fsp3) is 0.500. The zero-order valence-electron chi connectivity index (χ0n) is 10.4. The summed E-state index contributed by atoms with van der Waals surface area (Å²) in [6.07, 6.45) is 0. The molecule has 0 fully saturated rings. The Morgan fingerprint density at radius 1 is 1.61 bits per heavy atom. The molecule has 1 unspecified atom stereocenters. The van der Waals surface area contributed by atoms with Crippen molar-refractivity contribution in [2.45, 2.75) is 11.1 Å². The Kier molecular flexibility index (Phi) is 4.71. The number of nitrogens with zero attached hydrogens (tertiary/aromatic N) is 1. The summed E-state index contributed by atoms with van der Waals surface area (Å²) in [5.74, 6) is -0.963. The molecule has 1 atom stereocenters. The van der Waals surface area contributed by atoms with Crippen LogP contribution in [0.4, 0.5) is 5.69 Å². The minimum atomic E-state index is -3.59. The molecule has 0 bridgehead atoms. The summed E-state index contributed by atoms with van der Waals surface area (Å²) in [4.78, 5) is 11.3. The Labute approximate surface area is 110 Å². The molecule has 1 rings (SSSR count). The maximum absolute atomic E-state index is 12.1. The lowest BCUT2D eigenvalue weighted by Crippen LogP contribution is -2.33. The monoisotopic (exact) mass is 292 g/mol. The Morgan fingerprint density at radius 2 is 2.22 bits per heavy atom. The zero-order valence-corrected chi connectivity index (χ0v) is 12.0. The number of nitrogen functional groups attached to an aromatic ring is 1. The highest BCUT2D eigenvalue weighted by molar-refractivity contribution is 7.91. The van der Waals surface area contributed by atoms with Crippen molar-refractivity contribution in [1.29, 1.82) is 0 Å². The highest BCUT2D eigenvalue weighted by Crippen LogP contribution is 2.24. The number of carbonyl (C=O) groups is 1. The summed E-state index contributed by atoms with van der Waals surface area (Å²) in [6, 6.07) is 1.40. The second kappa shape index (κ2) is 5.68. The van der Waals surface area contributed by atoms with Crippen LogP contribution in [-0.2, 0) is 19.6 Å². The first-order chi connectivity index (χ1) is 8.28. The number of esters is 1. The van der Waals surface area contributed by atoms with Crippen LogP contribution in [0.1, 0.15) is 6.92 Å². The molecule has 8 heteroatoms. The number of hydrogen-bond donors (Lipinski definition) is 1. The maximum atomic E-state index is 12.1. The lowest BCUT2D eigenvalue weighted by molar-refractivity contribution is -0.144. The van der Waals surface area contributed by atoms with Gasteiger partial charge in [-0.25, -0.2) is 8.42 Å². The van der Waals surface area contributed by atoms with Crippen LogP contribution in [0.2, 0.25) is 0 Å². The molecule has 1 aromatic heterocycles. The highest BCUT2D eigenvalue weighted by atomic mass is 32.2. The van der Waals surface area contributed by atoms with Crippen molar-refractivity contribution in [2.75, 3.05) is 26.4 Å². The van der Waals surface area contributed by atoms with Crippen molar-refractivity contribution in [1.82, 2.24) is 4.31 Å². The van der Waals surface area contributed by atoms with Gasteiger partial charge in [0.2, 0.25) is 0 Å². The zero-order chi connectivity index (χ0) is 13.9. The molecule has 0 aliphatic carbocycles. The predicted octanol–water partition coefficient (Wildman–Crippen LogP) is 0.760. The van der Waals surface area contributed by atoms with Gasteiger partial charge < -0.3 is 10.5 Å². The number of anilines is 1. The first kappa shape index (κ1) is 14.9. The molecule has 0 radical (unpaired) electrons. The molecule has 0 aliphatic heterocycles. The molecule has 1 heterocycles. The summed E-state index contributed by atoms with van der Waals surface area (Å²) in [5, 5.41) is 1.56. The van der Waals surface area contributed by atoms with Crippen LogP contribution in [0.25, 0.3) is 0 Å². The Balaban J connectivity index is 2.83. The molecule has 0 spiro atoms. The molecule has 2 N–H and O–H groups in total. The number of nitrogens with two attached hydrogens (primary N) is 1. The first-order valence-electron chi connectivity index (χ1n) is 5.17. The van der Waals surface area contributed by atoms with Crippen LogP contribution in [-0.4, -0.2) is 39.4 Å². The fourth-order valence-electron chi connectivity index (χ4n) is 1.38. The van der Waals surface area contributed by atoms with E-state index in [1.165, 1.54) is 20.2 Å². The van der Waals surface area contributed by atoms with E-state index in [-0.39, 0.29) is 10.8 Å². The minimum Gasteiger partial charge on any atom is -0.469 e. The average Bonchev–Trinajstić information content (AvgIpc) is 2.75. The van der Waals surface area contributed by atoms with Gasteiger partial charge in [0.15, 0.2) is 0 Å². The molecular weight excluding hydrogens is 276 g/mol. The van der Waals surface area contributed by atoms with Gasteiger partial charge in [0.1, 0.15) is 4.21 Å². The van der Waals surface area contributed by atoms with Crippen LogP contribution < -0.4 is 5.73 Å². The van der Waals surface area contributed by atoms with E-state index in [4.69, 9.17) is 5.73 Å². The van der Waals surface area contributed by atoms with Gasteiger partial charge in [-0.2, -0.15) is 4.31 Å². The molecule has 18 heavy (non-hydrogen) atoms. The van der Waals surface area contributed by atoms with Crippen LogP contribution in [0.15, 0.2) is 15.7 Å². The summed E-state index contributed by atoms with van der Waals surface area (Å²) in [7, 11) is -0.898. The molecule has 0 aromatic carbocycles. The Bertz CT molecular complexity index is 524. The molecule has 6 nitrogen and oxygen atoms in total. The van der Waals surface area contributed by atoms with Crippen molar-refractivity contribution in [3.63, 3.8) is 0 Å². The number of hydrogen-bond acceptors (Lipinski definition) is 6. The van der Waals surface area contributed by atoms with Crippen molar-refractivity contribution in [3.8, 4) is 0 Å². The Morgan fingerprint density at radius 3 is 2.67 bits per heavy atom. The normalized spacial score (nSPS) is 13.6. The smallest absolute Gasteiger partial charge is 0.309 e. The topological polar surface area (TPSA) is 89.7 Å². The molecule has 0 aliphatic rings. The average molecular weight is 292 g/mol. The highest BCUT2D eigenvalue weighted by Gasteiger charge is 2.26. The molecule has 0 saturated heterocycles. The number of sulfonamides is 1. The Hall–Kier alpha value is -1.12. The van der Waals surface area contributed by atoms with E-state index in [0.29, 0.717) is 5.69 Å². The molecule has 102 valence electrons. The van der Waals surface area contributed by atoms with Crippen molar-refractivity contribution in [3.05, 3.63) is 11.4 Å². The second-order valence-electron chi connectivity index (χ2n) is 3.91. The van der Waals surface area contributed by atoms with E-state index in [0.717, 1.165) is 15.6 Å². The third-order valence-electron chi connectivity index (χ3n) is 2.39. The molecule has 0 amide bonds. The van der Waals surface area contributed by atoms with Gasteiger partial charge in [-0.1, -0.05) is 6.92 Å². The third kappa shape index (κ3) is 3.21. The SMILES string of the molecule is COC(=O)C(C)CN(C)S(=O)(=O)c1cc(N)cs1. The second-order valence-corrected chi connectivity index (χ2v) is 7.09. The van der Waals surface area contributed by atoms with Gasteiger partial charge in [0, 0.05) is 24.7 Å². The first-order valence-corrected chi connectivity index (χ1v) is 7.49. The maximum Gasteiger partial charge on any atom is 0.309 e. The summed E-state index contributed by atoms with van der Waals surface area (Å²) in [6.45, 7) is 1.67. The number of methoxy groups -OCH3 is 1. The third-order valence-corrected chi connectivity index (χ3v) is 5.65. The lowest BCUT2D eigenvalue weighted by Gasteiger charge is -2.19. The summed E-state index contributed by atoms with van der Waals surface area (Å²) in [5.41, 5.74) is 5.91. The van der Waals surface area contributed by atoms with Crippen LogP contribution >= 0.6 is 11.3 Å². The van der Waals surface area contributed by atoms with E-state index >= 15 is 0 Å². The molecule has 0 saturated carbocycles. The van der Waals surface area contributed by atoms with Crippen LogP contribution in [0, 0.1) is 5.92 Å². The van der Waals surface area contributed by atoms with Gasteiger partial charge in [0.25, 0.3) is 10.0 Å². The molecule has 1 aromatic rings. The number of carbonyl (C=O) groups excluding carboxylic acids is 1. The van der Waals surface area contributed by atoms with Crippen LogP contribution in [0.5, 0.6) is 0 Å². The van der Waals surface area contributed by atoms with Crippen molar-refractivity contribution in [2.24, 2.45) is 5.92 Å². The van der Waals surface area contributed by atoms with Gasteiger partial charge in [-0.05, 0) is 6.07 Å². The fourth-order valence-corrected chi connectivity index (χ4v) is 3.93. The van der Waals surface area contributed by atoms with E-state index < -0.39 is 21.9 Å². The van der Waals surface area contributed by atoms with Gasteiger partial charge in [-0.3, -0.25) is 4.79 Å². The van der Waals surface area contributed by atoms with E-state index in [1.807, 2.05) is 0 Å². The minimum absolute atomic E-state index is 0.0623. The standard InChI is InChI=1S/C10H16N2O4S2/c1-7(10(13)16-3)5-12(2)18(14,15)9-4-8(11)6-17-9/h4,6-7H,5,11H2,1-3H3. The van der Waals surface area contributed by atoms with Crippen molar-refractivity contribution >= 4 is 33.0 Å². The summed E-state index contributed by atoms with van der Waals surface area (Å²) < 4.78 is 30.1. The van der Waals surface area contributed by atoms with E-state index in [2.05, 4.69) is 4.74 Å². The van der Waals surface area contributed by atoms with Gasteiger partial charge in [0.05, 0.1) is 13.0 Å². The van der Waals surface area contributed by atoms with E-state index in [9.17, 15) is 13.2 Å². The number of thiophene rings is 1. The van der Waals surface area contributed by atoms with E-state index in [1.54, 1.807) is 12.3 Å². The lowest BCUT2D eigenvalue weighted by atomic mass is 10.2. The number of rotatable bonds is 5. The van der Waals surface area contributed by atoms with Gasteiger partial charge >= 0.3 is 5.97 Å². The molecular formula is C10H16N2O4S2. The van der Waals surface area contributed by atoms with Gasteiger partial charge in [-0.15, -0.1) is 11.3 Å². The quantitative estimate of drug-likeness (QED) is 0.809. The number of ether oxygens (including phenoxy) is 1. The largest absolute Gasteiger partial charge is 0.469 e. The van der Waals surface area contributed by atoms with Crippen molar-refractivity contribution < 1.29 is 17.9 Å². The van der Waals surface area contributed by atoms with Crippen LogP contribution in [0.3, 0.4) is 0 Å². The summed E-state index contributed by atoms with van der Waals surface area (Å²) >= 11 is 1.06. The predicted molar refractivity (Wildman–Crippen MR) is 69.7 cm³/mol.